The first-order valence-electron chi connectivity index (χ1n) is 2.62. The summed E-state index contributed by atoms with van der Waals surface area (Å²) in [6, 6.07) is 6.78. The van der Waals surface area contributed by atoms with Gasteiger partial charge in [-0.05, 0) is 5.69 Å². The average molecular weight is 410 g/mol. The average Bonchev–Trinajstić information content (AvgIpc) is 1.88. The smallest absolute Gasteiger partial charge is 0.184 e. The molecule has 0 bridgehead atoms. The third-order valence-electron chi connectivity index (χ3n) is 1.07. The summed E-state index contributed by atoms with van der Waals surface area (Å²) in [4.78, 5) is 9.59. The van der Waals surface area contributed by atoms with Crippen molar-refractivity contribution in [3.05, 3.63) is 34.4 Å². The van der Waals surface area contributed by atoms with Crippen molar-refractivity contribution >= 4 is 11.4 Å². The van der Waals surface area contributed by atoms with E-state index in [-0.39, 0.29) is 65.1 Å². The molecule has 0 aliphatic heterocycles. The molecule has 6 heteroatoms. The molecule has 2 N–H and O–H groups in total. The van der Waals surface area contributed by atoms with E-state index in [1.54, 1.807) is 0 Å². The summed E-state index contributed by atoms with van der Waals surface area (Å²) >= 11 is 0. The Labute approximate surface area is 109 Å². The van der Waals surface area contributed by atoms with Crippen molar-refractivity contribution in [2.75, 3.05) is 5.73 Å². The van der Waals surface area contributed by atoms with Gasteiger partial charge < -0.3 is 5.73 Å². The molecule has 1 radical (unpaired) electrons. The Morgan fingerprint density at radius 3 is 2.50 bits per heavy atom. The molecule has 0 aliphatic rings. The minimum Gasteiger partial charge on any atom is -0.414 e. The first-order chi connectivity index (χ1) is 4.72. The minimum atomic E-state index is -0.536. The van der Waals surface area contributed by atoms with E-state index in [2.05, 4.69) is 6.07 Å². The first kappa shape index (κ1) is 14.7. The van der Waals surface area contributed by atoms with Crippen molar-refractivity contribution in [3.63, 3.8) is 0 Å². The number of nitrogens with zero attached hydrogens (tertiary/aromatic N) is 1. The Kier molecular flexibility index (Phi) is 8.22. The second-order valence-corrected chi connectivity index (χ2v) is 1.74. The quantitative estimate of drug-likeness (QED) is 0.325. The summed E-state index contributed by atoms with van der Waals surface area (Å²) in [6.07, 6.45) is 0. The third kappa shape index (κ3) is 3.75. The van der Waals surface area contributed by atoms with Crippen molar-refractivity contribution in [1.29, 1.82) is 0 Å². The Balaban J connectivity index is 0. The molecular formula is C6H5N2O2WY-. The van der Waals surface area contributed by atoms with Crippen LogP contribution < -0.4 is 5.73 Å². The predicted molar refractivity (Wildman–Crippen MR) is 36.3 cm³/mol. The van der Waals surface area contributed by atoms with Gasteiger partial charge in [0, 0.05) is 58.7 Å². The largest absolute Gasteiger partial charge is 0.414 e. The molecule has 1 aromatic carbocycles. The molecular weight excluding hydrogens is 405 g/mol. The van der Waals surface area contributed by atoms with E-state index in [1.165, 1.54) is 18.2 Å². The SMILES string of the molecule is Nc1cc[c-]cc1[N+](=O)[O-].[W].[Y]. The van der Waals surface area contributed by atoms with E-state index in [1.807, 2.05) is 0 Å². The molecule has 0 amide bonds. The topological polar surface area (TPSA) is 69.2 Å². The van der Waals surface area contributed by atoms with Crippen LogP contribution in [0, 0.1) is 16.2 Å². The maximum absolute atomic E-state index is 10.1. The van der Waals surface area contributed by atoms with E-state index in [4.69, 9.17) is 5.73 Å². The Morgan fingerprint density at radius 1 is 1.58 bits per heavy atom. The number of hydrogen-bond donors (Lipinski definition) is 1. The zero-order valence-electron chi connectivity index (χ0n) is 6.06. The van der Waals surface area contributed by atoms with Crippen molar-refractivity contribution in [1.82, 2.24) is 0 Å². The molecule has 0 aromatic heterocycles. The second kappa shape index (κ2) is 6.70. The van der Waals surface area contributed by atoms with E-state index in [9.17, 15) is 10.1 Å². The van der Waals surface area contributed by atoms with Gasteiger partial charge in [-0.25, -0.2) is 0 Å². The van der Waals surface area contributed by atoms with E-state index < -0.39 is 4.92 Å². The van der Waals surface area contributed by atoms with Crippen molar-refractivity contribution in [2.45, 2.75) is 0 Å². The molecule has 1 rings (SSSR count). The summed E-state index contributed by atoms with van der Waals surface area (Å²) in [5, 5.41) is 10.1. The molecule has 1 aromatic rings. The van der Waals surface area contributed by atoms with Crippen LogP contribution in [-0.4, -0.2) is 4.92 Å². The molecule has 0 atom stereocenters. The van der Waals surface area contributed by atoms with Crippen LogP contribution in [0.1, 0.15) is 0 Å². The normalized spacial score (nSPS) is 7.67. The van der Waals surface area contributed by atoms with Crippen LogP contribution in [0.5, 0.6) is 0 Å². The summed E-state index contributed by atoms with van der Waals surface area (Å²) in [6.45, 7) is 0. The van der Waals surface area contributed by atoms with Gasteiger partial charge in [-0.15, -0.1) is 6.07 Å². The number of nitrogen functional groups attached to an aromatic ring is 1. The maximum atomic E-state index is 10.1. The molecule has 0 spiro atoms. The van der Waals surface area contributed by atoms with Crippen LogP contribution in [0.3, 0.4) is 0 Å². The Morgan fingerprint density at radius 2 is 2.17 bits per heavy atom. The number of anilines is 1. The fourth-order valence-electron chi connectivity index (χ4n) is 0.592. The predicted octanol–water partition coefficient (Wildman–Crippen LogP) is 0.972. The summed E-state index contributed by atoms with van der Waals surface area (Å²) < 4.78 is 0. The van der Waals surface area contributed by atoms with Gasteiger partial charge in [0.25, 0.3) is 0 Å². The third-order valence-corrected chi connectivity index (χ3v) is 1.07. The molecule has 0 fully saturated rings. The van der Waals surface area contributed by atoms with Gasteiger partial charge in [0.05, 0.1) is 0 Å². The standard InChI is InChI=1S/C6H5N2O2.W.Y/c7-5-3-1-2-4-6(5)8(9)10;;/h1,3-4H,7H2;;/q-1;;. The zero-order valence-corrected chi connectivity index (χ0v) is 11.8. The van der Waals surface area contributed by atoms with Crippen LogP contribution in [0.2, 0.25) is 0 Å². The number of rotatable bonds is 1. The fourth-order valence-corrected chi connectivity index (χ4v) is 0.592. The first-order valence-corrected chi connectivity index (χ1v) is 2.62. The number of hydrogen-bond acceptors (Lipinski definition) is 3. The monoisotopic (exact) mass is 410 g/mol. The molecule has 0 unspecified atom stereocenters. The zero-order chi connectivity index (χ0) is 7.56. The van der Waals surface area contributed by atoms with Crippen LogP contribution in [0.15, 0.2) is 18.2 Å². The molecule has 0 saturated carbocycles. The number of nitro benzene ring substituents is 1. The Hall–Kier alpha value is 0.212. The summed E-state index contributed by atoms with van der Waals surface area (Å²) in [5.41, 5.74) is 5.34. The second-order valence-electron chi connectivity index (χ2n) is 1.74. The molecule has 12 heavy (non-hydrogen) atoms. The maximum Gasteiger partial charge on any atom is 0.184 e. The molecule has 4 nitrogen and oxygen atoms in total. The summed E-state index contributed by atoms with van der Waals surface area (Å²) in [7, 11) is 0. The van der Waals surface area contributed by atoms with Gasteiger partial charge >= 0.3 is 0 Å². The van der Waals surface area contributed by atoms with E-state index in [0.29, 0.717) is 0 Å². The molecule has 0 saturated heterocycles. The summed E-state index contributed by atoms with van der Waals surface area (Å²) in [5.74, 6) is 0. The molecule has 0 heterocycles. The van der Waals surface area contributed by atoms with Gasteiger partial charge in [-0.1, -0.05) is 6.07 Å². The Bertz CT molecular complexity index is 269. The van der Waals surface area contributed by atoms with Gasteiger partial charge in [-0.3, -0.25) is 10.1 Å². The van der Waals surface area contributed by atoms with Crippen LogP contribution in [0.25, 0.3) is 0 Å². The van der Waals surface area contributed by atoms with Gasteiger partial charge in [0.15, 0.2) is 5.69 Å². The number of nitro groups is 1. The van der Waals surface area contributed by atoms with Gasteiger partial charge in [0.1, 0.15) is 0 Å². The van der Waals surface area contributed by atoms with Crippen molar-refractivity contribution < 1.29 is 58.7 Å². The van der Waals surface area contributed by atoms with Gasteiger partial charge in [-0.2, -0.15) is 12.1 Å². The minimum absolute atomic E-state index is 0. The van der Waals surface area contributed by atoms with E-state index in [0.717, 1.165) is 0 Å². The fraction of sp³-hybridized carbons (Fsp3) is 0. The van der Waals surface area contributed by atoms with Crippen LogP contribution in [-0.2, 0) is 53.8 Å². The van der Waals surface area contributed by atoms with Gasteiger partial charge in [0.2, 0.25) is 0 Å². The number of benzene rings is 1. The van der Waals surface area contributed by atoms with Crippen molar-refractivity contribution in [3.8, 4) is 0 Å². The molecule has 0 aliphatic carbocycles. The van der Waals surface area contributed by atoms with E-state index >= 15 is 0 Å². The van der Waals surface area contributed by atoms with Crippen LogP contribution in [0.4, 0.5) is 11.4 Å². The number of nitrogens with two attached hydrogens (primary N) is 1. The van der Waals surface area contributed by atoms with Crippen molar-refractivity contribution in [2.24, 2.45) is 0 Å². The van der Waals surface area contributed by atoms with Crippen LogP contribution >= 0.6 is 0 Å². The molecule has 61 valence electrons.